The van der Waals surface area contributed by atoms with E-state index in [2.05, 4.69) is 25.1 Å². The zero-order valence-electron chi connectivity index (χ0n) is 10.7. The molecule has 2 nitrogen and oxygen atoms in total. The van der Waals surface area contributed by atoms with Crippen molar-refractivity contribution in [3.63, 3.8) is 0 Å². The topological polar surface area (TPSA) is 46.2 Å². The Hall–Kier alpha value is -0.860. The molecule has 1 aliphatic carbocycles. The van der Waals surface area contributed by atoms with Gasteiger partial charge in [-0.1, -0.05) is 44.0 Å². The predicted molar refractivity (Wildman–Crippen MR) is 70.9 cm³/mol. The molecule has 0 aromatic heterocycles. The number of hydrogen-bond donors (Lipinski definition) is 2. The molecule has 0 spiro atoms. The van der Waals surface area contributed by atoms with Gasteiger partial charge in [-0.05, 0) is 36.3 Å². The van der Waals surface area contributed by atoms with Crippen LogP contribution in [-0.4, -0.2) is 11.7 Å². The summed E-state index contributed by atoms with van der Waals surface area (Å²) < 4.78 is 0. The molecule has 3 N–H and O–H groups in total. The van der Waals surface area contributed by atoms with Crippen molar-refractivity contribution in [2.75, 3.05) is 6.54 Å². The van der Waals surface area contributed by atoms with E-state index in [1.165, 1.54) is 24.8 Å². The Morgan fingerprint density at radius 3 is 2.71 bits per heavy atom. The van der Waals surface area contributed by atoms with Crippen LogP contribution in [0.4, 0.5) is 0 Å². The first-order valence-electron chi connectivity index (χ1n) is 6.72. The van der Waals surface area contributed by atoms with Crippen molar-refractivity contribution in [1.29, 1.82) is 0 Å². The standard InChI is InChI=1S/C15H23NO/c1-2-9-15(17,11-16)14-8-4-7-13(10-14)12-5-3-6-12/h4,7-8,10,12,17H,2-3,5-6,9,11,16H2,1H3. The maximum absolute atomic E-state index is 10.6. The zero-order chi connectivity index (χ0) is 12.3. The monoisotopic (exact) mass is 233 g/mol. The van der Waals surface area contributed by atoms with Gasteiger partial charge in [0, 0.05) is 6.54 Å². The third-order valence-corrected chi connectivity index (χ3v) is 4.00. The SMILES string of the molecule is CCCC(O)(CN)c1cccc(C2CCC2)c1. The average molecular weight is 233 g/mol. The van der Waals surface area contributed by atoms with Crippen LogP contribution in [0.25, 0.3) is 0 Å². The average Bonchev–Trinajstić information content (AvgIpc) is 2.27. The molecule has 0 radical (unpaired) electrons. The highest BCUT2D eigenvalue weighted by Gasteiger charge is 2.28. The van der Waals surface area contributed by atoms with Crippen molar-refractivity contribution in [3.8, 4) is 0 Å². The van der Waals surface area contributed by atoms with Crippen LogP contribution in [0.1, 0.15) is 56.1 Å². The third-order valence-electron chi connectivity index (χ3n) is 4.00. The van der Waals surface area contributed by atoms with Crippen LogP contribution in [0.2, 0.25) is 0 Å². The van der Waals surface area contributed by atoms with Gasteiger partial charge < -0.3 is 10.8 Å². The number of nitrogens with two attached hydrogens (primary N) is 1. The Balaban J connectivity index is 2.24. The van der Waals surface area contributed by atoms with E-state index in [0.717, 1.165) is 18.4 Å². The molecule has 0 aliphatic heterocycles. The van der Waals surface area contributed by atoms with Crippen LogP contribution < -0.4 is 5.73 Å². The smallest absolute Gasteiger partial charge is 0.102 e. The number of hydrogen-bond acceptors (Lipinski definition) is 2. The van der Waals surface area contributed by atoms with E-state index in [-0.39, 0.29) is 0 Å². The van der Waals surface area contributed by atoms with Gasteiger partial charge >= 0.3 is 0 Å². The minimum absolute atomic E-state index is 0.301. The van der Waals surface area contributed by atoms with Gasteiger partial charge in [-0.25, -0.2) is 0 Å². The van der Waals surface area contributed by atoms with E-state index in [1.54, 1.807) is 0 Å². The molecule has 1 aromatic rings. The van der Waals surface area contributed by atoms with E-state index < -0.39 is 5.60 Å². The quantitative estimate of drug-likeness (QED) is 0.821. The predicted octanol–water partition coefficient (Wildman–Crippen LogP) is 2.90. The Morgan fingerprint density at radius 1 is 1.41 bits per heavy atom. The maximum atomic E-state index is 10.6. The van der Waals surface area contributed by atoms with Crippen LogP contribution >= 0.6 is 0 Å². The molecule has 0 amide bonds. The lowest BCUT2D eigenvalue weighted by Gasteiger charge is -2.30. The molecule has 1 aliphatic rings. The van der Waals surface area contributed by atoms with E-state index in [4.69, 9.17) is 5.73 Å². The van der Waals surface area contributed by atoms with Gasteiger partial charge in [-0.2, -0.15) is 0 Å². The minimum atomic E-state index is -0.839. The van der Waals surface area contributed by atoms with Gasteiger partial charge in [0.25, 0.3) is 0 Å². The van der Waals surface area contributed by atoms with E-state index in [9.17, 15) is 5.11 Å². The molecule has 17 heavy (non-hydrogen) atoms. The molecule has 0 saturated heterocycles. The Labute approximate surface area is 104 Å². The number of benzene rings is 1. The first-order valence-corrected chi connectivity index (χ1v) is 6.72. The van der Waals surface area contributed by atoms with Crippen molar-refractivity contribution in [2.45, 2.75) is 50.5 Å². The highest BCUT2D eigenvalue weighted by molar-refractivity contribution is 5.31. The van der Waals surface area contributed by atoms with E-state index in [1.807, 2.05) is 6.07 Å². The van der Waals surface area contributed by atoms with E-state index in [0.29, 0.717) is 12.5 Å². The summed E-state index contributed by atoms with van der Waals surface area (Å²) in [5, 5.41) is 10.6. The van der Waals surface area contributed by atoms with Gasteiger partial charge in [0.2, 0.25) is 0 Å². The molecule has 2 rings (SSSR count). The van der Waals surface area contributed by atoms with Gasteiger partial charge in [-0.3, -0.25) is 0 Å². The fraction of sp³-hybridized carbons (Fsp3) is 0.600. The maximum Gasteiger partial charge on any atom is 0.102 e. The highest BCUT2D eigenvalue weighted by atomic mass is 16.3. The second-order valence-corrected chi connectivity index (χ2v) is 5.24. The lowest BCUT2D eigenvalue weighted by Crippen LogP contribution is -2.34. The molecule has 0 bridgehead atoms. The van der Waals surface area contributed by atoms with E-state index >= 15 is 0 Å². The largest absolute Gasteiger partial charge is 0.384 e. The van der Waals surface area contributed by atoms with Gasteiger partial charge in [0.1, 0.15) is 5.60 Å². The molecule has 94 valence electrons. The summed E-state index contributed by atoms with van der Waals surface area (Å²) in [4.78, 5) is 0. The van der Waals surface area contributed by atoms with Crippen LogP contribution in [0, 0.1) is 0 Å². The van der Waals surface area contributed by atoms with Crippen LogP contribution in [0.5, 0.6) is 0 Å². The zero-order valence-corrected chi connectivity index (χ0v) is 10.7. The highest BCUT2D eigenvalue weighted by Crippen LogP contribution is 2.38. The van der Waals surface area contributed by atoms with Gasteiger partial charge in [0.05, 0.1) is 0 Å². The molecule has 1 saturated carbocycles. The molecule has 1 unspecified atom stereocenters. The molecular weight excluding hydrogens is 210 g/mol. The summed E-state index contributed by atoms with van der Waals surface area (Å²) in [7, 11) is 0. The van der Waals surface area contributed by atoms with Crippen molar-refractivity contribution in [3.05, 3.63) is 35.4 Å². The molecule has 1 aromatic carbocycles. The normalized spacial score (nSPS) is 19.7. The fourth-order valence-corrected chi connectivity index (χ4v) is 2.60. The molecule has 2 heteroatoms. The second-order valence-electron chi connectivity index (χ2n) is 5.24. The van der Waals surface area contributed by atoms with Crippen molar-refractivity contribution in [1.82, 2.24) is 0 Å². The summed E-state index contributed by atoms with van der Waals surface area (Å²) in [6, 6.07) is 8.40. The minimum Gasteiger partial charge on any atom is -0.384 e. The Bertz CT molecular complexity index is 373. The van der Waals surface area contributed by atoms with Gasteiger partial charge in [0.15, 0.2) is 0 Å². The lowest BCUT2D eigenvalue weighted by molar-refractivity contribution is 0.0358. The number of rotatable bonds is 5. The molecule has 1 atom stereocenters. The number of aliphatic hydroxyl groups is 1. The fourth-order valence-electron chi connectivity index (χ4n) is 2.60. The summed E-state index contributed by atoms with van der Waals surface area (Å²) >= 11 is 0. The Morgan fingerprint density at radius 2 is 2.18 bits per heavy atom. The third kappa shape index (κ3) is 2.53. The first-order chi connectivity index (χ1) is 8.19. The summed E-state index contributed by atoms with van der Waals surface area (Å²) in [6.45, 7) is 2.38. The van der Waals surface area contributed by atoms with Crippen LogP contribution in [0.3, 0.4) is 0 Å². The van der Waals surface area contributed by atoms with Crippen LogP contribution in [0.15, 0.2) is 24.3 Å². The van der Waals surface area contributed by atoms with Crippen LogP contribution in [-0.2, 0) is 5.60 Å². The van der Waals surface area contributed by atoms with Gasteiger partial charge in [-0.15, -0.1) is 0 Å². The molecular formula is C15H23NO. The molecule has 0 heterocycles. The van der Waals surface area contributed by atoms with Crippen molar-refractivity contribution < 1.29 is 5.11 Å². The Kier molecular flexibility index (Phi) is 3.85. The van der Waals surface area contributed by atoms with Crippen molar-refractivity contribution >= 4 is 0 Å². The molecule has 1 fully saturated rings. The lowest BCUT2D eigenvalue weighted by atomic mass is 9.78. The summed E-state index contributed by atoms with van der Waals surface area (Å²) in [5.41, 5.74) is 7.27. The second kappa shape index (κ2) is 5.19. The summed E-state index contributed by atoms with van der Waals surface area (Å²) in [6.07, 6.45) is 5.60. The first kappa shape index (κ1) is 12.6. The van der Waals surface area contributed by atoms with Crippen molar-refractivity contribution in [2.24, 2.45) is 5.73 Å². The summed E-state index contributed by atoms with van der Waals surface area (Å²) in [5.74, 6) is 0.707.